The third kappa shape index (κ3) is 2.32. The lowest BCUT2D eigenvalue weighted by Crippen LogP contribution is -2.00. The number of ketones is 1. The van der Waals surface area contributed by atoms with Gasteiger partial charge in [-0.2, -0.15) is 0 Å². The van der Waals surface area contributed by atoms with E-state index in [1.807, 2.05) is 12.2 Å². The largest absolute Gasteiger partial charge is 0.299 e. The quantitative estimate of drug-likeness (QED) is 0.659. The summed E-state index contributed by atoms with van der Waals surface area (Å²) in [5, 5.41) is 0. The van der Waals surface area contributed by atoms with Crippen LogP contribution in [-0.2, 0) is 4.79 Å². The lowest BCUT2D eigenvalue weighted by atomic mass is 10.0. The normalized spacial score (nSPS) is 18.6. The van der Waals surface area contributed by atoms with Crippen molar-refractivity contribution in [1.82, 2.24) is 0 Å². The van der Waals surface area contributed by atoms with Crippen molar-refractivity contribution in [2.75, 3.05) is 0 Å². The van der Waals surface area contributed by atoms with Crippen molar-refractivity contribution in [1.29, 1.82) is 0 Å². The van der Waals surface area contributed by atoms with E-state index < -0.39 is 0 Å². The fourth-order valence-corrected chi connectivity index (χ4v) is 1.81. The fraction of sp³-hybridized carbons (Fsp3) is 0.308. The van der Waals surface area contributed by atoms with Crippen molar-refractivity contribution in [3.63, 3.8) is 0 Å². The molecule has 0 aliphatic heterocycles. The van der Waals surface area contributed by atoms with E-state index >= 15 is 0 Å². The van der Waals surface area contributed by atoms with Crippen LogP contribution in [0.15, 0.2) is 47.6 Å². The van der Waals surface area contributed by atoms with Gasteiger partial charge in [0.1, 0.15) is 5.78 Å². The minimum absolute atomic E-state index is 0.343. The van der Waals surface area contributed by atoms with E-state index in [0.29, 0.717) is 18.6 Å². The van der Waals surface area contributed by atoms with E-state index in [1.54, 1.807) is 0 Å². The van der Waals surface area contributed by atoms with Crippen LogP contribution in [0.4, 0.5) is 0 Å². The molecule has 0 aromatic heterocycles. The summed E-state index contributed by atoms with van der Waals surface area (Å²) in [6.07, 6.45) is 15.5. The second kappa shape index (κ2) is 4.23. The van der Waals surface area contributed by atoms with Gasteiger partial charge in [0.25, 0.3) is 0 Å². The molecule has 0 spiro atoms. The molecule has 0 radical (unpaired) electrons. The van der Waals surface area contributed by atoms with E-state index in [9.17, 15) is 4.79 Å². The van der Waals surface area contributed by atoms with Crippen LogP contribution in [0, 0.1) is 0 Å². The maximum atomic E-state index is 11.6. The molecule has 0 atom stereocenters. The molecule has 0 aromatic rings. The van der Waals surface area contributed by atoms with Crippen molar-refractivity contribution in [3.8, 4) is 0 Å². The smallest absolute Gasteiger partial charge is 0.140 e. The van der Waals surface area contributed by atoms with E-state index in [4.69, 9.17) is 0 Å². The Labute approximate surface area is 84.5 Å². The standard InChI is InChI=1S/C13H14O/c14-13(9-11-5-1-2-6-11)10-12-7-3-4-8-12/h1-5,7H,6,8-10H2. The predicted octanol–water partition coefficient (Wildman–Crippen LogP) is 3.11. The number of hydrogen-bond acceptors (Lipinski definition) is 1. The Kier molecular flexibility index (Phi) is 2.78. The number of allylic oxidation sites excluding steroid dienone is 8. The van der Waals surface area contributed by atoms with Crippen molar-refractivity contribution < 1.29 is 4.79 Å². The number of Topliss-reactive ketones (excluding diaryl/α,β-unsaturated/α-hetero) is 1. The van der Waals surface area contributed by atoms with Crippen LogP contribution in [0.5, 0.6) is 0 Å². The molecule has 0 saturated heterocycles. The summed E-state index contributed by atoms with van der Waals surface area (Å²) in [5.41, 5.74) is 2.50. The zero-order valence-corrected chi connectivity index (χ0v) is 8.20. The third-order valence-electron chi connectivity index (χ3n) is 2.54. The van der Waals surface area contributed by atoms with Crippen LogP contribution in [0.1, 0.15) is 25.7 Å². The first-order valence-corrected chi connectivity index (χ1v) is 5.05. The SMILES string of the molecule is O=C(CC1=CC=CC1)CC1=CC=CC1. The van der Waals surface area contributed by atoms with Crippen molar-refractivity contribution in [3.05, 3.63) is 47.6 Å². The number of carbonyl (C=O) groups is 1. The molecule has 0 bridgehead atoms. The molecule has 0 saturated carbocycles. The van der Waals surface area contributed by atoms with E-state index in [0.717, 1.165) is 12.8 Å². The zero-order chi connectivity index (χ0) is 9.80. The van der Waals surface area contributed by atoms with Crippen molar-refractivity contribution >= 4 is 5.78 Å². The Bertz CT molecular complexity index is 319. The molecule has 2 aliphatic rings. The Morgan fingerprint density at radius 2 is 1.50 bits per heavy atom. The van der Waals surface area contributed by atoms with Gasteiger partial charge in [-0.05, 0) is 12.8 Å². The predicted molar refractivity (Wildman–Crippen MR) is 57.9 cm³/mol. The molecule has 0 fully saturated rings. The summed E-state index contributed by atoms with van der Waals surface area (Å²) in [5.74, 6) is 0.343. The zero-order valence-electron chi connectivity index (χ0n) is 8.20. The van der Waals surface area contributed by atoms with Gasteiger partial charge >= 0.3 is 0 Å². The molecule has 0 N–H and O–H groups in total. The van der Waals surface area contributed by atoms with Crippen LogP contribution >= 0.6 is 0 Å². The van der Waals surface area contributed by atoms with Crippen LogP contribution in [0.25, 0.3) is 0 Å². The van der Waals surface area contributed by atoms with Crippen LogP contribution < -0.4 is 0 Å². The first-order chi connectivity index (χ1) is 6.84. The molecule has 2 aliphatic carbocycles. The number of rotatable bonds is 4. The lowest BCUT2D eigenvalue weighted by molar-refractivity contribution is -0.117. The maximum absolute atomic E-state index is 11.6. The Morgan fingerprint density at radius 1 is 1.00 bits per heavy atom. The maximum Gasteiger partial charge on any atom is 0.140 e. The summed E-state index contributed by atoms with van der Waals surface area (Å²) < 4.78 is 0. The van der Waals surface area contributed by atoms with Gasteiger partial charge in [0.2, 0.25) is 0 Å². The first kappa shape index (κ1) is 9.20. The second-order valence-electron chi connectivity index (χ2n) is 3.81. The van der Waals surface area contributed by atoms with E-state index in [2.05, 4.69) is 24.3 Å². The second-order valence-corrected chi connectivity index (χ2v) is 3.81. The lowest BCUT2D eigenvalue weighted by Gasteiger charge is -2.02. The molecule has 14 heavy (non-hydrogen) atoms. The topological polar surface area (TPSA) is 17.1 Å². The summed E-state index contributed by atoms with van der Waals surface area (Å²) in [4.78, 5) is 11.6. The Morgan fingerprint density at radius 3 is 1.86 bits per heavy atom. The van der Waals surface area contributed by atoms with Gasteiger partial charge in [-0.1, -0.05) is 47.6 Å². The van der Waals surface area contributed by atoms with Crippen LogP contribution in [0.3, 0.4) is 0 Å². The number of carbonyl (C=O) groups excluding carboxylic acids is 1. The average molecular weight is 186 g/mol. The molecular weight excluding hydrogens is 172 g/mol. The Balaban J connectivity index is 1.79. The molecule has 0 aromatic carbocycles. The molecule has 1 heteroatoms. The molecule has 2 rings (SSSR count). The minimum atomic E-state index is 0.343. The average Bonchev–Trinajstić information content (AvgIpc) is 2.76. The Hall–Kier alpha value is -1.37. The fourth-order valence-electron chi connectivity index (χ4n) is 1.81. The first-order valence-electron chi connectivity index (χ1n) is 5.05. The summed E-state index contributed by atoms with van der Waals surface area (Å²) >= 11 is 0. The highest BCUT2D eigenvalue weighted by atomic mass is 16.1. The van der Waals surface area contributed by atoms with Gasteiger partial charge in [0, 0.05) is 12.8 Å². The van der Waals surface area contributed by atoms with Crippen LogP contribution in [-0.4, -0.2) is 5.78 Å². The third-order valence-corrected chi connectivity index (χ3v) is 2.54. The van der Waals surface area contributed by atoms with E-state index in [1.165, 1.54) is 11.1 Å². The van der Waals surface area contributed by atoms with Gasteiger partial charge in [-0.15, -0.1) is 0 Å². The number of hydrogen-bond donors (Lipinski definition) is 0. The highest BCUT2D eigenvalue weighted by Crippen LogP contribution is 2.19. The highest BCUT2D eigenvalue weighted by Gasteiger charge is 2.10. The molecule has 0 amide bonds. The van der Waals surface area contributed by atoms with Gasteiger partial charge in [0.15, 0.2) is 0 Å². The molecule has 0 heterocycles. The summed E-state index contributed by atoms with van der Waals surface area (Å²) in [6.45, 7) is 0. The van der Waals surface area contributed by atoms with Gasteiger partial charge in [0.05, 0.1) is 0 Å². The van der Waals surface area contributed by atoms with Gasteiger partial charge in [-0.25, -0.2) is 0 Å². The highest BCUT2D eigenvalue weighted by molar-refractivity contribution is 5.83. The monoisotopic (exact) mass is 186 g/mol. The van der Waals surface area contributed by atoms with E-state index in [-0.39, 0.29) is 0 Å². The van der Waals surface area contributed by atoms with Crippen molar-refractivity contribution in [2.24, 2.45) is 0 Å². The molecule has 1 nitrogen and oxygen atoms in total. The van der Waals surface area contributed by atoms with Gasteiger partial charge < -0.3 is 0 Å². The summed E-state index contributed by atoms with van der Waals surface area (Å²) in [6, 6.07) is 0. The molecular formula is C13H14O. The van der Waals surface area contributed by atoms with Gasteiger partial charge in [-0.3, -0.25) is 4.79 Å². The molecule has 0 unspecified atom stereocenters. The summed E-state index contributed by atoms with van der Waals surface area (Å²) in [7, 11) is 0. The molecule has 72 valence electrons. The minimum Gasteiger partial charge on any atom is -0.299 e. The van der Waals surface area contributed by atoms with Crippen LogP contribution in [0.2, 0.25) is 0 Å². The van der Waals surface area contributed by atoms with Crippen molar-refractivity contribution in [2.45, 2.75) is 25.7 Å².